The van der Waals surface area contributed by atoms with E-state index in [0.29, 0.717) is 25.2 Å². The number of esters is 1. The molecule has 0 N–H and O–H groups in total. The van der Waals surface area contributed by atoms with Crippen LogP contribution >= 0.6 is 0 Å². The molecule has 0 aliphatic heterocycles. The molecular weight excluding hydrogens is 516 g/mol. The van der Waals surface area contributed by atoms with Crippen molar-refractivity contribution in [1.29, 1.82) is 0 Å². The Bertz CT molecular complexity index is 1220. The largest absolute Gasteiger partial charge is 0.442 e. The second-order valence-electron chi connectivity index (χ2n) is 11.0. The molecule has 0 spiro atoms. The van der Waals surface area contributed by atoms with Crippen molar-refractivity contribution >= 4 is 20.4 Å². The van der Waals surface area contributed by atoms with Gasteiger partial charge in [-0.2, -0.15) is 0 Å². The van der Waals surface area contributed by atoms with Gasteiger partial charge in [0.25, 0.3) is 0 Å². The lowest BCUT2D eigenvalue weighted by Gasteiger charge is -2.36. The molecule has 0 aliphatic rings. The van der Waals surface area contributed by atoms with Gasteiger partial charge >= 0.3 is 5.97 Å². The van der Waals surface area contributed by atoms with Gasteiger partial charge in [-0.1, -0.05) is 81.0 Å². The van der Waals surface area contributed by atoms with Gasteiger partial charge in [0.05, 0.1) is 12.2 Å². The van der Waals surface area contributed by atoms with Crippen LogP contribution in [0.4, 0.5) is 0 Å². The number of carbonyl (C=O) groups is 1. The van der Waals surface area contributed by atoms with E-state index in [2.05, 4.69) is 63.6 Å². The molecule has 0 heterocycles. The van der Waals surface area contributed by atoms with Crippen molar-refractivity contribution in [2.45, 2.75) is 70.9 Å². The smallest absolute Gasteiger partial charge is 0.333 e. The predicted octanol–water partition coefficient (Wildman–Crippen LogP) is 7.02. The Morgan fingerprint density at radius 2 is 1.68 bits per heavy atom. The van der Waals surface area contributed by atoms with Gasteiger partial charge < -0.3 is 18.6 Å². The first kappa shape index (κ1) is 33.1. The number of hydrogen-bond donors (Lipinski definition) is 0. The molecule has 1 unspecified atom stereocenters. The van der Waals surface area contributed by atoms with Crippen LogP contribution in [-0.4, -0.2) is 47.8 Å². The van der Waals surface area contributed by atoms with Crippen LogP contribution in [0.25, 0.3) is 6.08 Å². The van der Waals surface area contributed by atoms with Crippen molar-refractivity contribution in [2.24, 2.45) is 0 Å². The molecule has 0 saturated heterocycles. The van der Waals surface area contributed by atoms with Crippen LogP contribution < -0.4 is 0 Å². The van der Waals surface area contributed by atoms with Crippen LogP contribution in [0, 0.1) is 23.7 Å². The van der Waals surface area contributed by atoms with E-state index in [1.807, 2.05) is 54.6 Å². The summed E-state index contributed by atoms with van der Waals surface area (Å²) in [4.78, 5) is 12.5. The van der Waals surface area contributed by atoms with Gasteiger partial charge in [-0.05, 0) is 66.2 Å². The number of rotatable bonds is 12. The SMILES string of the molecule is COCCCCC#C/C(=C/c1ccccc1CO[Si](C)(C)C(C)(C)C)C(C#Cc1ccccc1)OC(=O)COC. The summed E-state index contributed by atoms with van der Waals surface area (Å²) < 4.78 is 22.5. The second-order valence-corrected chi connectivity index (χ2v) is 15.8. The van der Waals surface area contributed by atoms with Crippen molar-refractivity contribution in [3.63, 3.8) is 0 Å². The Morgan fingerprint density at radius 1 is 0.975 bits per heavy atom. The van der Waals surface area contributed by atoms with E-state index in [1.165, 1.54) is 7.11 Å². The Kier molecular flexibility index (Phi) is 13.9. The van der Waals surface area contributed by atoms with Crippen molar-refractivity contribution < 1.29 is 23.4 Å². The van der Waals surface area contributed by atoms with Gasteiger partial charge in [0, 0.05) is 32.8 Å². The van der Waals surface area contributed by atoms with E-state index in [9.17, 15) is 4.79 Å². The van der Waals surface area contributed by atoms with Crippen LogP contribution in [0.2, 0.25) is 18.1 Å². The van der Waals surface area contributed by atoms with Gasteiger partial charge in [-0.25, -0.2) is 4.79 Å². The number of hydrogen-bond acceptors (Lipinski definition) is 5. The van der Waals surface area contributed by atoms with E-state index >= 15 is 0 Å². The zero-order chi connectivity index (χ0) is 29.4. The van der Waals surface area contributed by atoms with Crippen LogP contribution in [-0.2, 0) is 30.0 Å². The van der Waals surface area contributed by atoms with Gasteiger partial charge in [-0.3, -0.25) is 0 Å². The zero-order valence-electron chi connectivity index (χ0n) is 25.1. The molecule has 0 saturated carbocycles. The zero-order valence-corrected chi connectivity index (χ0v) is 26.1. The summed E-state index contributed by atoms with van der Waals surface area (Å²) >= 11 is 0. The highest BCUT2D eigenvalue weighted by atomic mass is 28.4. The summed E-state index contributed by atoms with van der Waals surface area (Å²) in [5.41, 5.74) is 3.44. The quantitative estimate of drug-likeness (QED) is 0.121. The first-order valence-electron chi connectivity index (χ1n) is 13.7. The predicted molar refractivity (Wildman–Crippen MR) is 165 cm³/mol. The third-order valence-corrected chi connectivity index (χ3v) is 11.3. The maximum absolute atomic E-state index is 12.5. The Morgan fingerprint density at radius 3 is 2.35 bits per heavy atom. The molecule has 0 amide bonds. The monoisotopic (exact) mass is 560 g/mol. The highest BCUT2D eigenvalue weighted by Crippen LogP contribution is 2.37. The fourth-order valence-electron chi connectivity index (χ4n) is 3.37. The van der Waals surface area contributed by atoms with E-state index < -0.39 is 20.4 Å². The second kappa shape index (κ2) is 16.9. The number of unbranched alkanes of at least 4 members (excludes halogenated alkanes) is 2. The van der Waals surface area contributed by atoms with Crippen LogP contribution in [0.1, 0.15) is 56.7 Å². The molecule has 0 radical (unpaired) electrons. The van der Waals surface area contributed by atoms with Gasteiger partial charge in [0.15, 0.2) is 14.4 Å². The minimum absolute atomic E-state index is 0.102. The molecule has 40 heavy (non-hydrogen) atoms. The molecule has 1 atom stereocenters. The van der Waals surface area contributed by atoms with E-state index in [4.69, 9.17) is 18.6 Å². The summed E-state index contributed by atoms with van der Waals surface area (Å²) in [5, 5.41) is 0.102. The highest BCUT2D eigenvalue weighted by molar-refractivity contribution is 6.74. The standard InChI is InChI=1S/C34H44O5Si/c1-34(2,3)40(6,7)38-26-31-21-15-14-19-29(31)25-30(20-13-8-9-16-24-36-4)32(39-33(35)27-37-5)23-22-28-17-11-10-12-18-28/h10-12,14-15,17-19,21,25,32H,8-9,16,24,26-27H2,1-7H3/b30-25-. The van der Waals surface area contributed by atoms with Crippen LogP contribution in [0.15, 0.2) is 60.2 Å². The topological polar surface area (TPSA) is 54.0 Å². The number of ether oxygens (including phenoxy) is 3. The average Bonchev–Trinajstić information content (AvgIpc) is 2.92. The molecule has 2 rings (SSSR count). The van der Waals surface area contributed by atoms with E-state index in [-0.39, 0.29) is 11.6 Å². The Labute approximate surface area is 242 Å². The van der Waals surface area contributed by atoms with Crippen molar-refractivity contribution in [3.05, 3.63) is 76.9 Å². The number of methoxy groups -OCH3 is 2. The first-order chi connectivity index (χ1) is 19.1. The molecule has 0 bridgehead atoms. The lowest BCUT2D eigenvalue weighted by molar-refractivity contribution is -0.149. The molecule has 214 valence electrons. The normalized spacial score (nSPS) is 12.5. The Balaban J connectivity index is 2.51. The molecule has 0 aromatic heterocycles. The molecule has 6 heteroatoms. The number of benzene rings is 2. The summed E-state index contributed by atoms with van der Waals surface area (Å²) in [7, 11) is 1.20. The maximum Gasteiger partial charge on any atom is 0.333 e. The van der Waals surface area contributed by atoms with Crippen molar-refractivity contribution in [1.82, 2.24) is 0 Å². The van der Waals surface area contributed by atoms with Crippen LogP contribution in [0.3, 0.4) is 0 Å². The minimum Gasteiger partial charge on any atom is -0.442 e. The molecular formula is C34H44O5Si. The summed E-state index contributed by atoms with van der Waals surface area (Å²) in [6.45, 7) is 12.2. The molecule has 0 aliphatic carbocycles. The summed E-state index contributed by atoms with van der Waals surface area (Å²) in [6.07, 6.45) is 3.65. The van der Waals surface area contributed by atoms with E-state index in [1.54, 1.807) is 7.11 Å². The summed E-state index contributed by atoms with van der Waals surface area (Å²) in [6, 6.07) is 17.7. The third-order valence-electron chi connectivity index (χ3n) is 6.81. The fraction of sp³-hybridized carbons (Fsp3) is 0.441. The highest BCUT2D eigenvalue weighted by Gasteiger charge is 2.37. The van der Waals surface area contributed by atoms with E-state index in [0.717, 1.165) is 29.5 Å². The lowest BCUT2D eigenvalue weighted by Crippen LogP contribution is -2.40. The molecule has 2 aromatic carbocycles. The van der Waals surface area contributed by atoms with Crippen molar-refractivity contribution in [3.8, 4) is 23.7 Å². The van der Waals surface area contributed by atoms with Gasteiger partial charge in [0.2, 0.25) is 0 Å². The van der Waals surface area contributed by atoms with Gasteiger partial charge in [-0.15, -0.1) is 0 Å². The first-order valence-corrected chi connectivity index (χ1v) is 16.6. The fourth-order valence-corrected chi connectivity index (χ4v) is 4.32. The Hall–Kier alpha value is -3.13. The number of carbonyl (C=O) groups excluding carboxylic acids is 1. The van der Waals surface area contributed by atoms with Gasteiger partial charge in [0.1, 0.15) is 6.61 Å². The molecule has 5 nitrogen and oxygen atoms in total. The molecule has 2 aromatic rings. The van der Waals surface area contributed by atoms with Crippen LogP contribution in [0.5, 0.6) is 0 Å². The van der Waals surface area contributed by atoms with Crippen molar-refractivity contribution in [2.75, 3.05) is 27.4 Å². The third kappa shape index (κ3) is 11.5. The summed E-state index contributed by atoms with van der Waals surface area (Å²) in [5.74, 6) is 12.3. The lowest BCUT2D eigenvalue weighted by atomic mass is 10.0. The minimum atomic E-state index is -1.96. The maximum atomic E-state index is 12.5. The molecule has 0 fully saturated rings. The average molecular weight is 561 g/mol.